The highest BCUT2D eigenvalue weighted by Crippen LogP contribution is 2.16. The maximum atomic E-state index is 11.7. The lowest BCUT2D eigenvalue weighted by molar-refractivity contribution is -0.00246. The summed E-state index contributed by atoms with van der Waals surface area (Å²) < 4.78 is 5.29. The summed E-state index contributed by atoms with van der Waals surface area (Å²) in [5.74, 6) is -1.45. The van der Waals surface area contributed by atoms with E-state index in [-0.39, 0.29) is 5.56 Å². The fraction of sp³-hybridized carbons (Fsp3) is 0.385. The van der Waals surface area contributed by atoms with Gasteiger partial charge in [-0.05, 0) is 44.5 Å². The second-order valence-electron chi connectivity index (χ2n) is 4.39. The third-order valence-corrected chi connectivity index (χ3v) is 2.59. The van der Waals surface area contributed by atoms with Gasteiger partial charge in [-0.25, -0.2) is 9.59 Å². The fourth-order valence-electron chi connectivity index (χ4n) is 1.13. The Morgan fingerprint density at radius 1 is 1.18 bits per heavy atom. The normalized spacial score (nSPS) is 11.0. The van der Waals surface area contributed by atoms with Gasteiger partial charge in [0.05, 0.1) is 11.1 Å². The first-order valence-electron chi connectivity index (χ1n) is 5.42. The highest BCUT2D eigenvalue weighted by Gasteiger charge is 2.21. The molecule has 0 saturated carbocycles. The van der Waals surface area contributed by atoms with Crippen LogP contribution in [0.2, 0.25) is 0 Å². The van der Waals surface area contributed by atoms with Crippen LogP contribution in [0.3, 0.4) is 0 Å². The van der Waals surface area contributed by atoms with Gasteiger partial charge in [0.1, 0.15) is 5.60 Å². The molecule has 1 rings (SSSR count). The number of carboxylic acid groups (broad SMARTS) is 1. The molecule has 0 aliphatic carbocycles. The monoisotopic (exact) mass is 236 g/mol. The molecule has 1 aromatic rings. The van der Waals surface area contributed by atoms with Gasteiger partial charge >= 0.3 is 11.9 Å². The van der Waals surface area contributed by atoms with Crippen LogP contribution in [0.15, 0.2) is 24.3 Å². The van der Waals surface area contributed by atoms with E-state index in [4.69, 9.17) is 9.84 Å². The number of hydrogen-bond donors (Lipinski definition) is 1. The molecule has 0 bridgehead atoms. The van der Waals surface area contributed by atoms with Crippen LogP contribution in [0, 0.1) is 0 Å². The Balaban J connectivity index is 2.80. The summed E-state index contributed by atoms with van der Waals surface area (Å²) in [6.07, 6.45) is 0.714. The molecule has 4 heteroatoms. The molecule has 0 fully saturated rings. The van der Waals surface area contributed by atoms with E-state index in [1.807, 2.05) is 20.8 Å². The topological polar surface area (TPSA) is 63.6 Å². The molecule has 0 amide bonds. The molecular formula is C13H16O4. The molecule has 17 heavy (non-hydrogen) atoms. The van der Waals surface area contributed by atoms with Crippen molar-refractivity contribution in [2.24, 2.45) is 0 Å². The second-order valence-corrected chi connectivity index (χ2v) is 4.39. The summed E-state index contributed by atoms with van der Waals surface area (Å²) in [7, 11) is 0. The van der Waals surface area contributed by atoms with E-state index >= 15 is 0 Å². The predicted molar refractivity (Wildman–Crippen MR) is 63.2 cm³/mol. The van der Waals surface area contributed by atoms with Gasteiger partial charge in [0.25, 0.3) is 0 Å². The lowest BCUT2D eigenvalue weighted by Crippen LogP contribution is -2.27. The van der Waals surface area contributed by atoms with E-state index in [1.165, 1.54) is 24.3 Å². The van der Waals surface area contributed by atoms with Gasteiger partial charge in [-0.1, -0.05) is 6.92 Å². The molecule has 0 spiro atoms. The number of esters is 1. The standard InChI is InChI=1S/C13H16O4/c1-4-13(2,3)17-12(16)10-7-5-9(6-8-10)11(14)15/h5-8H,4H2,1-3H3,(H,14,15). The first kappa shape index (κ1) is 13.2. The Kier molecular flexibility index (Phi) is 3.89. The minimum atomic E-state index is -1.01. The third-order valence-electron chi connectivity index (χ3n) is 2.59. The van der Waals surface area contributed by atoms with Gasteiger partial charge in [-0.3, -0.25) is 0 Å². The number of hydrogen-bond acceptors (Lipinski definition) is 3. The molecule has 92 valence electrons. The van der Waals surface area contributed by atoms with Crippen LogP contribution in [0.1, 0.15) is 47.9 Å². The van der Waals surface area contributed by atoms with Gasteiger partial charge in [-0.15, -0.1) is 0 Å². The summed E-state index contributed by atoms with van der Waals surface area (Å²) in [5.41, 5.74) is -0.00411. The van der Waals surface area contributed by atoms with Crippen molar-refractivity contribution >= 4 is 11.9 Å². The Morgan fingerprint density at radius 3 is 2.06 bits per heavy atom. The number of benzene rings is 1. The molecule has 0 saturated heterocycles. The first-order chi connectivity index (χ1) is 7.85. The molecule has 0 aromatic heterocycles. The summed E-state index contributed by atoms with van der Waals surface area (Å²) in [5, 5.41) is 8.72. The van der Waals surface area contributed by atoms with Crippen LogP contribution in [-0.4, -0.2) is 22.6 Å². The van der Waals surface area contributed by atoms with Crippen LogP contribution < -0.4 is 0 Å². The van der Waals surface area contributed by atoms with E-state index in [1.54, 1.807) is 0 Å². The molecule has 0 aliphatic heterocycles. The fourth-order valence-corrected chi connectivity index (χ4v) is 1.13. The zero-order valence-electron chi connectivity index (χ0n) is 10.2. The van der Waals surface area contributed by atoms with Gasteiger partial charge in [0, 0.05) is 0 Å². The highest BCUT2D eigenvalue weighted by molar-refractivity contribution is 5.92. The SMILES string of the molecule is CCC(C)(C)OC(=O)c1ccc(C(=O)O)cc1. The van der Waals surface area contributed by atoms with Gasteiger partial charge in [0.2, 0.25) is 0 Å². The van der Waals surface area contributed by atoms with Crippen LogP contribution in [0.4, 0.5) is 0 Å². The minimum absolute atomic E-state index is 0.149. The Hall–Kier alpha value is -1.84. The van der Waals surface area contributed by atoms with Gasteiger partial charge < -0.3 is 9.84 Å². The average Bonchev–Trinajstić information content (AvgIpc) is 2.28. The van der Waals surface area contributed by atoms with Crippen molar-refractivity contribution in [2.75, 3.05) is 0 Å². The molecule has 4 nitrogen and oxygen atoms in total. The molecule has 0 radical (unpaired) electrons. The van der Waals surface area contributed by atoms with Crippen LogP contribution in [0.5, 0.6) is 0 Å². The summed E-state index contributed by atoms with van der Waals surface area (Å²) >= 11 is 0. The second kappa shape index (κ2) is 4.99. The third kappa shape index (κ3) is 3.59. The molecule has 0 unspecified atom stereocenters. The first-order valence-corrected chi connectivity index (χ1v) is 5.42. The maximum Gasteiger partial charge on any atom is 0.338 e. The Morgan fingerprint density at radius 2 is 1.65 bits per heavy atom. The number of carbonyl (C=O) groups excluding carboxylic acids is 1. The van der Waals surface area contributed by atoms with Crippen molar-refractivity contribution in [3.05, 3.63) is 35.4 Å². The lowest BCUT2D eigenvalue weighted by atomic mass is 10.1. The average molecular weight is 236 g/mol. The smallest absolute Gasteiger partial charge is 0.338 e. The molecule has 1 aromatic carbocycles. The summed E-state index contributed by atoms with van der Waals surface area (Å²) in [6.45, 7) is 5.59. The van der Waals surface area contributed by atoms with Gasteiger partial charge in [0.15, 0.2) is 0 Å². The number of carbonyl (C=O) groups is 2. The van der Waals surface area contributed by atoms with Crippen LogP contribution >= 0.6 is 0 Å². The van der Waals surface area contributed by atoms with E-state index < -0.39 is 17.5 Å². The molecule has 1 N–H and O–H groups in total. The highest BCUT2D eigenvalue weighted by atomic mass is 16.6. The predicted octanol–water partition coefficient (Wildman–Crippen LogP) is 2.73. The molecule has 0 atom stereocenters. The maximum absolute atomic E-state index is 11.7. The van der Waals surface area contributed by atoms with Gasteiger partial charge in [-0.2, -0.15) is 0 Å². The van der Waals surface area contributed by atoms with Crippen molar-refractivity contribution < 1.29 is 19.4 Å². The van der Waals surface area contributed by atoms with Crippen molar-refractivity contribution in [3.8, 4) is 0 Å². The zero-order chi connectivity index (χ0) is 13.1. The minimum Gasteiger partial charge on any atom is -0.478 e. The number of aromatic carboxylic acids is 1. The van der Waals surface area contributed by atoms with E-state index in [0.29, 0.717) is 12.0 Å². The van der Waals surface area contributed by atoms with E-state index in [2.05, 4.69) is 0 Å². The van der Waals surface area contributed by atoms with Crippen molar-refractivity contribution in [3.63, 3.8) is 0 Å². The quantitative estimate of drug-likeness (QED) is 0.816. The summed E-state index contributed by atoms with van der Waals surface area (Å²) in [6, 6.07) is 5.69. The largest absolute Gasteiger partial charge is 0.478 e. The Labute approximate surface area is 100 Å². The lowest BCUT2D eigenvalue weighted by Gasteiger charge is -2.23. The van der Waals surface area contributed by atoms with Crippen LogP contribution in [-0.2, 0) is 4.74 Å². The van der Waals surface area contributed by atoms with Crippen molar-refractivity contribution in [1.29, 1.82) is 0 Å². The van der Waals surface area contributed by atoms with Crippen molar-refractivity contribution in [1.82, 2.24) is 0 Å². The Bertz CT molecular complexity index is 418. The number of rotatable bonds is 4. The van der Waals surface area contributed by atoms with Crippen LogP contribution in [0.25, 0.3) is 0 Å². The van der Waals surface area contributed by atoms with E-state index in [0.717, 1.165) is 0 Å². The molecule has 0 aliphatic rings. The van der Waals surface area contributed by atoms with Crippen molar-refractivity contribution in [2.45, 2.75) is 32.8 Å². The number of ether oxygens (including phenoxy) is 1. The zero-order valence-corrected chi connectivity index (χ0v) is 10.2. The summed E-state index contributed by atoms with van der Waals surface area (Å²) in [4.78, 5) is 22.4. The molecular weight excluding hydrogens is 220 g/mol. The number of carboxylic acids is 1. The molecule has 0 heterocycles. The van der Waals surface area contributed by atoms with E-state index in [9.17, 15) is 9.59 Å².